The van der Waals surface area contributed by atoms with Gasteiger partial charge in [-0.05, 0) is 48.9 Å². The number of carbonyl (C=O) groups is 2. The number of hydrogen-bond donors (Lipinski definition) is 1. The molecule has 0 aliphatic carbocycles. The van der Waals surface area contributed by atoms with E-state index in [9.17, 15) is 18.0 Å². The van der Waals surface area contributed by atoms with Gasteiger partial charge in [0.15, 0.2) is 6.61 Å². The number of nitrogens with one attached hydrogen (secondary N) is 1. The maximum atomic E-state index is 13.1. The summed E-state index contributed by atoms with van der Waals surface area (Å²) in [5.74, 6) is -0.965. The Balaban J connectivity index is 1.58. The summed E-state index contributed by atoms with van der Waals surface area (Å²) in [7, 11) is -3.84. The van der Waals surface area contributed by atoms with Gasteiger partial charge in [0.2, 0.25) is 10.0 Å². The molecule has 0 bridgehead atoms. The standard InChI is InChI=1S/C23H27ClN2O5S/c1-17-6-5-13-26(15-17)32(29,30)21-14-19(9-10-20(21)24)23(28)31-16-22(27)25-12-11-18-7-3-2-4-8-18/h2-4,7-10,14,17H,5-6,11-13,15-16H2,1H3,(H,25,27). The second-order valence-corrected chi connectivity index (χ2v) is 10.2. The molecule has 1 saturated heterocycles. The molecule has 32 heavy (non-hydrogen) atoms. The number of hydrogen-bond acceptors (Lipinski definition) is 5. The molecule has 1 N–H and O–H groups in total. The van der Waals surface area contributed by atoms with E-state index in [-0.39, 0.29) is 21.4 Å². The first-order chi connectivity index (χ1) is 15.3. The zero-order chi connectivity index (χ0) is 23.1. The number of sulfonamides is 1. The summed E-state index contributed by atoms with van der Waals surface area (Å²) in [6.07, 6.45) is 2.41. The Hall–Kier alpha value is -2.42. The number of halogens is 1. The van der Waals surface area contributed by atoms with E-state index < -0.39 is 28.5 Å². The minimum atomic E-state index is -3.84. The summed E-state index contributed by atoms with van der Waals surface area (Å²) in [5, 5.41) is 2.73. The van der Waals surface area contributed by atoms with E-state index in [2.05, 4.69) is 5.32 Å². The minimum absolute atomic E-state index is 0.0233. The maximum absolute atomic E-state index is 13.1. The van der Waals surface area contributed by atoms with Crippen molar-refractivity contribution in [2.75, 3.05) is 26.2 Å². The molecule has 2 aromatic rings. The van der Waals surface area contributed by atoms with Crippen molar-refractivity contribution in [1.29, 1.82) is 0 Å². The molecule has 1 aliphatic heterocycles. The maximum Gasteiger partial charge on any atom is 0.338 e. The molecule has 1 heterocycles. The molecule has 1 atom stereocenters. The van der Waals surface area contributed by atoms with Crippen LogP contribution in [0.2, 0.25) is 5.02 Å². The van der Waals surface area contributed by atoms with Crippen molar-refractivity contribution in [2.24, 2.45) is 5.92 Å². The van der Waals surface area contributed by atoms with Crippen LogP contribution in [0.3, 0.4) is 0 Å². The summed E-state index contributed by atoms with van der Waals surface area (Å²) in [6.45, 7) is 2.79. The van der Waals surface area contributed by atoms with Gasteiger partial charge in [0.25, 0.3) is 5.91 Å². The summed E-state index contributed by atoms with van der Waals surface area (Å²) in [5.41, 5.74) is 1.11. The SMILES string of the molecule is CC1CCCN(S(=O)(=O)c2cc(C(=O)OCC(=O)NCCc3ccccc3)ccc2Cl)C1. The van der Waals surface area contributed by atoms with Gasteiger partial charge in [-0.3, -0.25) is 4.79 Å². The normalized spacial score (nSPS) is 17.0. The van der Waals surface area contributed by atoms with Gasteiger partial charge in [0.05, 0.1) is 10.6 Å². The number of carbonyl (C=O) groups excluding carboxylic acids is 2. The van der Waals surface area contributed by atoms with Crippen LogP contribution in [0.5, 0.6) is 0 Å². The molecular weight excluding hydrogens is 452 g/mol. The van der Waals surface area contributed by atoms with Gasteiger partial charge in [0.1, 0.15) is 4.90 Å². The summed E-state index contributed by atoms with van der Waals surface area (Å²) in [6, 6.07) is 13.6. The molecule has 1 fully saturated rings. The molecular formula is C23H27ClN2O5S. The van der Waals surface area contributed by atoms with Crippen molar-refractivity contribution >= 4 is 33.5 Å². The van der Waals surface area contributed by atoms with E-state index in [1.54, 1.807) is 0 Å². The molecule has 172 valence electrons. The van der Waals surface area contributed by atoms with Crippen molar-refractivity contribution in [3.8, 4) is 0 Å². The second kappa shape index (κ2) is 10.9. The third-order valence-corrected chi connectivity index (χ3v) is 7.66. The van der Waals surface area contributed by atoms with E-state index in [4.69, 9.17) is 16.3 Å². The lowest BCUT2D eigenvalue weighted by atomic mass is 10.0. The van der Waals surface area contributed by atoms with E-state index in [0.717, 1.165) is 18.4 Å². The van der Waals surface area contributed by atoms with Crippen LogP contribution in [0.1, 0.15) is 35.7 Å². The monoisotopic (exact) mass is 478 g/mol. The van der Waals surface area contributed by atoms with Crippen molar-refractivity contribution in [1.82, 2.24) is 9.62 Å². The first-order valence-corrected chi connectivity index (χ1v) is 12.4. The number of ether oxygens (including phenoxy) is 1. The number of benzene rings is 2. The lowest BCUT2D eigenvalue weighted by molar-refractivity contribution is -0.124. The van der Waals surface area contributed by atoms with Gasteiger partial charge in [-0.25, -0.2) is 13.2 Å². The van der Waals surface area contributed by atoms with E-state index in [1.807, 2.05) is 37.3 Å². The summed E-state index contributed by atoms with van der Waals surface area (Å²) < 4.78 is 32.6. The molecule has 1 unspecified atom stereocenters. The summed E-state index contributed by atoms with van der Waals surface area (Å²) >= 11 is 6.15. The summed E-state index contributed by atoms with van der Waals surface area (Å²) in [4.78, 5) is 24.3. The fourth-order valence-electron chi connectivity index (χ4n) is 3.59. The van der Waals surface area contributed by atoms with Crippen molar-refractivity contribution < 1.29 is 22.7 Å². The Morgan fingerprint density at radius 3 is 2.66 bits per heavy atom. The first-order valence-electron chi connectivity index (χ1n) is 10.5. The van der Waals surface area contributed by atoms with Gasteiger partial charge in [-0.15, -0.1) is 0 Å². The zero-order valence-corrected chi connectivity index (χ0v) is 19.5. The Kier molecular flexibility index (Phi) is 8.28. The fourth-order valence-corrected chi connectivity index (χ4v) is 5.69. The molecule has 9 heteroatoms. The molecule has 3 rings (SSSR count). The minimum Gasteiger partial charge on any atom is -0.452 e. The number of amides is 1. The Morgan fingerprint density at radius 2 is 1.94 bits per heavy atom. The van der Waals surface area contributed by atoms with Crippen LogP contribution < -0.4 is 5.32 Å². The van der Waals surface area contributed by atoms with Crippen LogP contribution in [0.4, 0.5) is 0 Å². The quantitative estimate of drug-likeness (QED) is 0.588. The van der Waals surface area contributed by atoms with Gasteiger partial charge < -0.3 is 10.1 Å². The Bertz CT molecular complexity index is 1060. The van der Waals surface area contributed by atoms with Gasteiger partial charge in [0, 0.05) is 19.6 Å². The molecule has 2 aromatic carbocycles. The van der Waals surface area contributed by atoms with E-state index >= 15 is 0 Å². The topological polar surface area (TPSA) is 92.8 Å². The highest BCUT2D eigenvalue weighted by Gasteiger charge is 2.31. The van der Waals surface area contributed by atoms with Crippen LogP contribution in [-0.4, -0.2) is 50.8 Å². The number of piperidine rings is 1. The highest BCUT2D eigenvalue weighted by atomic mass is 35.5. The van der Waals surface area contributed by atoms with Gasteiger partial charge in [-0.1, -0.05) is 48.9 Å². The van der Waals surface area contributed by atoms with Gasteiger partial charge >= 0.3 is 5.97 Å². The predicted molar refractivity (Wildman–Crippen MR) is 122 cm³/mol. The Labute approximate surface area is 193 Å². The molecule has 0 spiro atoms. The van der Waals surface area contributed by atoms with Crippen LogP contribution >= 0.6 is 11.6 Å². The van der Waals surface area contributed by atoms with Crippen LogP contribution in [0.15, 0.2) is 53.4 Å². The fraction of sp³-hybridized carbons (Fsp3) is 0.391. The molecule has 1 aliphatic rings. The highest BCUT2D eigenvalue weighted by Crippen LogP contribution is 2.29. The molecule has 1 amide bonds. The van der Waals surface area contributed by atoms with E-state index in [0.29, 0.717) is 26.1 Å². The average Bonchev–Trinajstić information content (AvgIpc) is 2.78. The largest absolute Gasteiger partial charge is 0.452 e. The first kappa shape index (κ1) is 24.2. The lowest BCUT2D eigenvalue weighted by Crippen LogP contribution is -2.39. The number of nitrogens with zero attached hydrogens (tertiary/aromatic N) is 1. The Morgan fingerprint density at radius 1 is 1.19 bits per heavy atom. The smallest absolute Gasteiger partial charge is 0.338 e. The van der Waals surface area contributed by atoms with Gasteiger partial charge in [-0.2, -0.15) is 4.31 Å². The number of rotatable bonds is 8. The third-order valence-electron chi connectivity index (χ3n) is 5.32. The van der Waals surface area contributed by atoms with Crippen molar-refractivity contribution in [3.63, 3.8) is 0 Å². The lowest BCUT2D eigenvalue weighted by Gasteiger charge is -2.30. The molecule has 0 aromatic heterocycles. The predicted octanol–water partition coefficient (Wildman–Crippen LogP) is 3.28. The van der Waals surface area contributed by atoms with Crippen LogP contribution in [0, 0.1) is 5.92 Å². The number of esters is 1. The van der Waals surface area contributed by atoms with Crippen molar-refractivity contribution in [3.05, 3.63) is 64.7 Å². The van der Waals surface area contributed by atoms with Crippen LogP contribution in [0.25, 0.3) is 0 Å². The van der Waals surface area contributed by atoms with Crippen molar-refractivity contribution in [2.45, 2.75) is 31.1 Å². The second-order valence-electron chi connectivity index (χ2n) is 7.92. The van der Waals surface area contributed by atoms with E-state index in [1.165, 1.54) is 22.5 Å². The highest BCUT2D eigenvalue weighted by molar-refractivity contribution is 7.89. The average molecular weight is 479 g/mol. The molecule has 0 radical (unpaired) electrons. The third kappa shape index (κ3) is 6.31. The molecule has 0 saturated carbocycles. The van der Waals surface area contributed by atoms with Crippen LogP contribution in [-0.2, 0) is 26.0 Å². The zero-order valence-electron chi connectivity index (χ0n) is 17.9. The molecule has 7 nitrogen and oxygen atoms in total.